The maximum absolute atomic E-state index is 11.0. The van der Waals surface area contributed by atoms with Gasteiger partial charge in [0.05, 0.1) is 0 Å². The van der Waals surface area contributed by atoms with E-state index in [1.54, 1.807) is 4.90 Å². The number of aliphatic hydroxyl groups is 2. The molecule has 1 unspecified atom stereocenters. The van der Waals surface area contributed by atoms with Gasteiger partial charge in [0, 0.05) is 0 Å². The van der Waals surface area contributed by atoms with Crippen LogP contribution in [0.25, 0.3) is 0 Å². The Morgan fingerprint density at radius 2 is 1.89 bits per heavy atom. The average molecular weight is 279 g/mol. The Labute approximate surface area is 109 Å². The van der Waals surface area contributed by atoms with Crippen LogP contribution >= 0.6 is 0 Å². The van der Waals surface area contributed by atoms with Gasteiger partial charge in [-0.15, -0.1) is 0 Å². The molecule has 0 aromatic heterocycles. The second kappa shape index (κ2) is 8.74. The molecule has 0 aliphatic carbocycles. The number of nitrogens with zero attached hydrogens (tertiary/aromatic N) is 1. The molecule has 0 aliphatic heterocycles. The van der Waals surface area contributed by atoms with Crippen molar-refractivity contribution >= 4 is 16.1 Å². The number of aliphatic hydroxyl groups excluding tert-OH is 2. The molecule has 18 heavy (non-hydrogen) atoms. The molecule has 0 heterocycles. The molecule has 0 radical (unpaired) electrons. The molecule has 106 valence electrons. The molecule has 0 saturated carbocycles. The first-order chi connectivity index (χ1) is 8.30. The molecule has 0 aliphatic rings. The van der Waals surface area contributed by atoms with Crippen molar-refractivity contribution in [3.05, 3.63) is 0 Å². The zero-order valence-electron chi connectivity index (χ0n) is 10.9. The Hall–Kier alpha value is -0.305. The Morgan fingerprint density at radius 1 is 1.28 bits per heavy atom. The van der Waals surface area contributed by atoms with E-state index in [2.05, 4.69) is 13.8 Å². The van der Waals surface area contributed by atoms with Crippen LogP contribution < -0.4 is 0 Å². The first-order valence-corrected chi connectivity index (χ1v) is 7.71. The van der Waals surface area contributed by atoms with Gasteiger partial charge in [0.25, 0.3) is 0 Å². The van der Waals surface area contributed by atoms with Crippen molar-refractivity contribution in [1.82, 2.24) is 4.90 Å². The maximum atomic E-state index is 11.0. The summed E-state index contributed by atoms with van der Waals surface area (Å²) < 4.78 is 32.3. The van der Waals surface area contributed by atoms with E-state index in [0.29, 0.717) is 19.0 Å². The number of hydrogen-bond donors (Lipinski definition) is 2. The summed E-state index contributed by atoms with van der Waals surface area (Å²) in [6.45, 7) is 5.27. The van der Waals surface area contributed by atoms with Crippen LogP contribution in [0.5, 0.6) is 0 Å². The van der Waals surface area contributed by atoms with E-state index < -0.39 is 21.5 Å². The number of hydrogen-bond acceptors (Lipinski definition) is 6. The van der Waals surface area contributed by atoms with Crippen molar-refractivity contribution in [2.24, 2.45) is 5.92 Å². The van der Waals surface area contributed by atoms with Crippen molar-refractivity contribution in [2.75, 3.05) is 32.0 Å². The molecule has 8 heteroatoms. The monoisotopic (exact) mass is 279 g/mol. The van der Waals surface area contributed by atoms with Gasteiger partial charge in [-0.05, 0) is 0 Å². The fourth-order valence-corrected chi connectivity index (χ4v) is 2.26. The van der Waals surface area contributed by atoms with Gasteiger partial charge in [0.2, 0.25) is 0 Å². The van der Waals surface area contributed by atoms with Crippen LogP contribution in [0.15, 0.2) is 0 Å². The molecular weight excluding hydrogens is 257 g/mol. The molecule has 0 bridgehead atoms. The minimum atomic E-state index is -3.83. The van der Waals surface area contributed by atoms with Crippen LogP contribution in [-0.2, 0) is 14.4 Å². The van der Waals surface area contributed by atoms with E-state index >= 15 is 0 Å². The summed E-state index contributed by atoms with van der Waals surface area (Å²) in [7, 11) is -3.83. The molecule has 0 aromatic rings. The molecule has 0 fully saturated rings. The standard InChI is InChI=1S/C10H22BNO5S/c1-9(2)3-4-12(5-6-13)7-10(14)8-18(16,17)11-15/h9-10,13-14H,3-8H2,1-2H3. The second-order valence-electron chi connectivity index (χ2n) is 4.79. The van der Waals surface area contributed by atoms with E-state index in [0.717, 1.165) is 6.42 Å². The fourth-order valence-electron chi connectivity index (χ4n) is 1.53. The van der Waals surface area contributed by atoms with E-state index in [9.17, 15) is 18.2 Å². The summed E-state index contributed by atoms with van der Waals surface area (Å²) in [6.07, 6.45) is -0.354. The van der Waals surface area contributed by atoms with Crippen molar-refractivity contribution in [3.8, 4) is 0 Å². The van der Waals surface area contributed by atoms with Gasteiger partial charge in [-0.1, -0.05) is 0 Å². The molecule has 0 amide bonds. The summed E-state index contributed by atoms with van der Waals surface area (Å²) >= 11 is 0. The molecule has 2 N–H and O–H groups in total. The molecule has 1 atom stereocenters. The fraction of sp³-hybridized carbons (Fsp3) is 1.00. The summed E-state index contributed by atoms with van der Waals surface area (Å²) in [6, 6.07) is 0. The number of rotatable bonds is 10. The summed E-state index contributed by atoms with van der Waals surface area (Å²) in [5, 5.41) is 18.5. The van der Waals surface area contributed by atoms with Crippen molar-refractivity contribution in [3.63, 3.8) is 0 Å². The van der Waals surface area contributed by atoms with Crippen LogP contribution in [0.1, 0.15) is 20.3 Å². The first kappa shape index (κ1) is 17.7. The molecule has 0 saturated heterocycles. The minimum absolute atomic E-state index is 0.0504. The van der Waals surface area contributed by atoms with Crippen LogP contribution in [0.4, 0.5) is 0 Å². The van der Waals surface area contributed by atoms with Gasteiger partial charge in [-0.25, -0.2) is 0 Å². The van der Waals surface area contributed by atoms with Crippen molar-refractivity contribution < 1.29 is 23.3 Å². The molecule has 0 aromatic carbocycles. The van der Waals surface area contributed by atoms with Gasteiger partial charge in [-0.3, -0.25) is 0 Å². The van der Waals surface area contributed by atoms with Crippen molar-refractivity contribution in [2.45, 2.75) is 26.4 Å². The van der Waals surface area contributed by atoms with Crippen LogP contribution in [0.2, 0.25) is 0 Å². The Bertz CT molecular complexity index is 333. The van der Waals surface area contributed by atoms with E-state index in [1.165, 1.54) is 0 Å². The topological polar surface area (TPSA) is 94.9 Å². The summed E-state index contributed by atoms with van der Waals surface area (Å²) in [5.74, 6) is -0.0813. The Morgan fingerprint density at radius 3 is 2.33 bits per heavy atom. The predicted molar refractivity (Wildman–Crippen MR) is 69.2 cm³/mol. The van der Waals surface area contributed by atoms with Gasteiger partial charge in [-0.2, -0.15) is 0 Å². The first-order valence-electron chi connectivity index (χ1n) is 6.00. The third-order valence-corrected chi connectivity index (χ3v) is 3.62. The van der Waals surface area contributed by atoms with Crippen LogP contribution in [0.3, 0.4) is 0 Å². The zero-order chi connectivity index (χ0) is 14.2. The van der Waals surface area contributed by atoms with Crippen LogP contribution in [0, 0.1) is 5.92 Å². The van der Waals surface area contributed by atoms with E-state index in [1.807, 2.05) is 0 Å². The average Bonchev–Trinajstić information content (AvgIpc) is 2.25. The summed E-state index contributed by atoms with van der Waals surface area (Å²) in [5.41, 5.74) is 0. The predicted octanol–water partition coefficient (Wildman–Crippen LogP) is -0.933. The third-order valence-electron chi connectivity index (χ3n) is 2.48. The van der Waals surface area contributed by atoms with Crippen molar-refractivity contribution in [1.29, 1.82) is 0 Å². The summed E-state index contributed by atoms with van der Waals surface area (Å²) in [4.78, 5) is 1.80. The molecule has 6 nitrogen and oxygen atoms in total. The van der Waals surface area contributed by atoms with E-state index in [4.69, 9.17) is 5.11 Å². The quantitative estimate of drug-likeness (QED) is 0.502. The van der Waals surface area contributed by atoms with Gasteiger partial charge >= 0.3 is 109 Å². The van der Waals surface area contributed by atoms with Gasteiger partial charge in [0.15, 0.2) is 0 Å². The molecular formula is C10H22BNO5S. The van der Waals surface area contributed by atoms with E-state index in [-0.39, 0.29) is 19.6 Å². The van der Waals surface area contributed by atoms with Gasteiger partial charge < -0.3 is 0 Å². The molecule has 0 spiro atoms. The van der Waals surface area contributed by atoms with Gasteiger partial charge in [0.1, 0.15) is 0 Å². The molecule has 0 rings (SSSR count). The Balaban J connectivity index is 4.26. The zero-order valence-corrected chi connectivity index (χ0v) is 11.8. The van der Waals surface area contributed by atoms with Crippen LogP contribution in [-0.4, -0.2) is 68.1 Å². The Kier molecular flexibility index (Phi) is 8.59. The second-order valence-corrected chi connectivity index (χ2v) is 6.64. The normalized spacial score (nSPS) is 13.9. The SMILES string of the molecule is CC(C)CCN(CCO)CC(O)CS(=O)(=O)B=O. The third kappa shape index (κ3) is 8.74.